The lowest BCUT2D eigenvalue weighted by Crippen LogP contribution is -2.57. The number of fused-ring (bicyclic) bond motifs is 1. The van der Waals surface area contributed by atoms with Gasteiger partial charge in [-0.05, 0) is 26.1 Å². The van der Waals surface area contributed by atoms with Crippen LogP contribution in [0.25, 0.3) is 0 Å². The number of pyridine rings is 1. The predicted octanol–water partition coefficient (Wildman–Crippen LogP) is 1.30. The Balaban J connectivity index is 1.70. The van der Waals surface area contributed by atoms with E-state index in [4.69, 9.17) is 12.2 Å². The number of hydrazone groups is 1. The Kier molecular flexibility index (Phi) is 4.72. The third kappa shape index (κ3) is 3.76. The smallest absolute Gasteiger partial charge is 0.189 e. The number of hydrogen-bond acceptors (Lipinski definition) is 5. The summed E-state index contributed by atoms with van der Waals surface area (Å²) in [6.07, 6.45) is 1.93. The summed E-state index contributed by atoms with van der Waals surface area (Å²) >= 11 is 5.45. The zero-order chi connectivity index (χ0) is 16.4. The molecule has 3 heterocycles. The quantitative estimate of drug-likeness (QED) is 0.531. The Morgan fingerprint density at radius 3 is 2.91 bits per heavy atom. The fourth-order valence-corrected chi connectivity index (χ4v) is 3.22. The van der Waals surface area contributed by atoms with Gasteiger partial charge in [0.05, 0.1) is 17.6 Å². The second-order valence-electron chi connectivity index (χ2n) is 6.08. The van der Waals surface area contributed by atoms with Crippen LogP contribution in [0.1, 0.15) is 26.0 Å². The first-order chi connectivity index (χ1) is 11.0. The van der Waals surface area contributed by atoms with Crippen LogP contribution in [-0.4, -0.2) is 52.4 Å². The zero-order valence-electron chi connectivity index (χ0n) is 13.3. The molecule has 3 rings (SSSR count). The Hall–Kier alpha value is -1.80. The fraction of sp³-hybridized carbons (Fsp3) is 0.533. The number of piperazine rings is 1. The predicted molar refractivity (Wildman–Crippen MR) is 93.2 cm³/mol. The SMILES string of the molecule is C[C@@H]1CN(C(=S)N/N=C2/CCNc3cc(F)cnc32)C[C@H](C)N1. The molecule has 6 nitrogen and oxygen atoms in total. The highest BCUT2D eigenvalue weighted by Crippen LogP contribution is 2.20. The van der Waals surface area contributed by atoms with Gasteiger partial charge in [0.2, 0.25) is 0 Å². The molecule has 1 saturated heterocycles. The van der Waals surface area contributed by atoms with Crippen LogP contribution in [-0.2, 0) is 0 Å². The van der Waals surface area contributed by atoms with Crippen molar-refractivity contribution in [3.63, 3.8) is 0 Å². The van der Waals surface area contributed by atoms with Crippen molar-refractivity contribution in [1.82, 2.24) is 20.6 Å². The average molecular weight is 336 g/mol. The van der Waals surface area contributed by atoms with E-state index in [-0.39, 0.29) is 5.82 Å². The third-order valence-electron chi connectivity index (χ3n) is 3.94. The summed E-state index contributed by atoms with van der Waals surface area (Å²) in [6, 6.07) is 2.21. The Bertz CT molecular complexity index is 624. The van der Waals surface area contributed by atoms with Crippen molar-refractivity contribution < 1.29 is 4.39 Å². The molecule has 1 aromatic rings. The van der Waals surface area contributed by atoms with Crippen molar-refractivity contribution in [2.75, 3.05) is 25.0 Å². The van der Waals surface area contributed by atoms with Crippen molar-refractivity contribution in [2.24, 2.45) is 5.10 Å². The molecule has 2 aliphatic heterocycles. The molecule has 2 aliphatic rings. The topological polar surface area (TPSA) is 64.6 Å². The van der Waals surface area contributed by atoms with Crippen molar-refractivity contribution in [3.05, 3.63) is 23.8 Å². The molecule has 0 aromatic carbocycles. The van der Waals surface area contributed by atoms with Gasteiger partial charge in [0.25, 0.3) is 0 Å². The summed E-state index contributed by atoms with van der Waals surface area (Å²) in [5.41, 5.74) is 5.11. The maximum absolute atomic E-state index is 13.3. The van der Waals surface area contributed by atoms with E-state index < -0.39 is 0 Å². The summed E-state index contributed by atoms with van der Waals surface area (Å²) in [7, 11) is 0. The van der Waals surface area contributed by atoms with Crippen LogP contribution in [0.3, 0.4) is 0 Å². The molecule has 0 aliphatic carbocycles. The number of thiocarbonyl (C=S) groups is 1. The van der Waals surface area contributed by atoms with Gasteiger partial charge in [-0.15, -0.1) is 0 Å². The fourth-order valence-electron chi connectivity index (χ4n) is 3.03. The minimum atomic E-state index is -0.357. The molecular weight excluding hydrogens is 315 g/mol. The van der Waals surface area contributed by atoms with Crippen molar-refractivity contribution >= 4 is 28.7 Å². The highest BCUT2D eigenvalue weighted by Gasteiger charge is 2.23. The molecule has 124 valence electrons. The average Bonchev–Trinajstić information content (AvgIpc) is 2.51. The highest BCUT2D eigenvalue weighted by atomic mass is 32.1. The van der Waals surface area contributed by atoms with E-state index in [1.807, 2.05) is 0 Å². The van der Waals surface area contributed by atoms with Gasteiger partial charge in [0.1, 0.15) is 11.5 Å². The van der Waals surface area contributed by atoms with Crippen molar-refractivity contribution in [2.45, 2.75) is 32.4 Å². The van der Waals surface area contributed by atoms with Crippen LogP contribution in [0.5, 0.6) is 0 Å². The van der Waals surface area contributed by atoms with E-state index in [0.717, 1.165) is 25.2 Å². The van der Waals surface area contributed by atoms with Gasteiger partial charge in [-0.3, -0.25) is 5.43 Å². The minimum absolute atomic E-state index is 0.357. The maximum atomic E-state index is 13.3. The summed E-state index contributed by atoms with van der Waals surface area (Å²) in [5, 5.41) is 11.6. The highest BCUT2D eigenvalue weighted by molar-refractivity contribution is 7.80. The molecule has 8 heteroatoms. The molecule has 23 heavy (non-hydrogen) atoms. The van der Waals surface area contributed by atoms with Gasteiger partial charge in [0, 0.05) is 44.2 Å². The van der Waals surface area contributed by atoms with Gasteiger partial charge in [-0.2, -0.15) is 5.10 Å². The van der Waals surface area contributed by atoms with Crippen LogP contribution in [0, 0.1) is 5.82 Å². The summed E-state index contributed by atoms with van der Waals surface area (Å²) in [4.78, 5) is 6.26. The van der Waals surface area contributed by atoms with E-state index in [2.05, 4.69) is 44.9 Å². The lowest BCUT2D eigenvalue weighted by Gasteiger charge is -2.37. The van der Waals surface area contributed by atoms with Crippen LogP contribution < -0.4 is 16.1 Å². The lowest BCUT2D eigenvalue weighted by atomic mass is 10.1. The Labute approximate surface area is 140 Å². The molecule has 2 atom stereocenters. The van der Waals surface area contributed by atoms with E-state index >= 15 is 0 Å². The van der Waals surface area contributed by atoms with Gasteiger partial charge >= 0.3 is 0 Å². The van der Waals surface area contributed by atoms with Crippen LogP contribution in [0.4, 0.5) is 10.1 Å². The molecule has 0 amide bonds. The monoisotopic (exact) mass is 336 g/mol. The first-order valence-corrected chi connectivity index (χ1v) is 8.21. The first-order valence-electron chi connectivity index (χ1n) is 7.80. The molecule has 0 spiro atoms. The van der Waals surface area contributed by atoms with E-state index in [1.165, 1.54) is 12.3 Å². The molecule has 0 radical (unpaired) electrons. The van der Waals surface area contributed by atoms with Gasteiger partial charge < -0.3 is 15.5 Å². The molecule has 1 fully saturated rings. The molecule has 0 unspecified atom stereocenters. The van der Waals surface area contributed by atoms with Crippen LogP contribution in [0.2, 0.25) is 0 Å². The maximum Gasteiger partial charge on any atom is 0.189 e. The van der Waals surface area contributed by atoms with E-state index in [9.17, 15) is 4.39 Å². The number of nitrogens with one attached hydrogen (secondary N) is 3. The molecular formula is C15H21FN6S. The molecule has 3 N–H and O–H groups in total. The molecule has 1 aromatic heterocycles. The first kappa shape index (κ1) is 16.1. The number of rotatable bonds is 1. The molecule has 0 saturated carbocycles. The minimum Gasteiger partial charge on any atom is -0.383 e. The second-order valence-corrected chi connectivity index (χ2v) is 6.46. The number of halogens is 1. The van der Waals surface area contributed by atoms with Gasteiger partial charge in [0.15, 0.2) is 5.11 Å². The van der Waals surface area contributed by atoms with Crippen molar-refractivity contribution in [3.8, 4) is 0 Å². The zero-order valence-corrected chi connectivity index (χ0v) is 14.1. The summed E-state index contributed by atoms with van der Waals surface area (Å²) in [5.74, 6) is -0.357. The number of aromatic nitrogens is 1. The largest absolute Gasteiger partial charge is 0.383 e. The van der Waals surface area contributed by atoms with Crippen LogP contribution >= 0.6 is 12.2 Å². The van der Waals surface area contributed by atoms with Crippen LogP contribution in [0.15, 0.2) is 17.4 Å². The number of nitrogens with zero attached hydrogens (tertiary/aromatic N) is 3. The van der Waals surface area contributed by atoms with Gasteiger partial charge in [-0.25, -0.2) is 9.37 Å². The van der Waals surface area contributed by atoms with Gasteiger partial charge in [-0.1, -0.05) is 0 Å². The second kappa shape index (κ2) is 6.76. The standard InChI is InChI=1S/C15H21FN6S/c1-9-7-22(8-10(2)19-9)15(23)21-20-12-3-4-17-13-5-11(16)6-18-14(12)13/h5-6,9-10,17,19H,3-4,7-8H2,1-2H3,(H,21,23)/b20-12-/t9-,10+. The number of hydrogen-bond donors (Lipinski definition) is 3. The third-order valence-corrected chi connectivity index (χ3v) is 4.29. The molecule has 0 bridgehead atoms. The normalized spacial score (nSPS) is 25.7. The summed E-state index contributed by atoms with van der Waals surface area (Å²) < 4.78 is 13.3. The van der Waals surface area contributed by atoms with Crippen molar-refractivity contribution in [1.29, 1.82) is 0 Å². The summed E-state index contributed by atoms with van der Waals surface area (Å²) in [6.45, 7) is 6.68. The Morgan fingerprint density at radius 2 is 2.17 bits per heavy atom. The lowest BCUT2D eigenvalue weighted by molar-refractivity contribution is 0.253. The number of anilines is 1. The van der Waals surface area contributed by atoms with E-state index in [0.29, 0.717) is 35.1 Å². The van der Waals surface area contributed by atoms with E-state index in [1.54, 1.807) is 0 Å². The Morgan fingerprint density at radius 1 is 1.43 bits per heavy atom.